The van der Waals surface area contributed by atoms with E-state index in [1.807, 2.05) is 6.07 Å². The second kappa shape index (κ2) is 3.53. The highest BCUT2D eigenvalue weighted by molar-refractivity contribution is 5.37. The molecule has 1 N–H and O–H groups in total. The van der Waals surface area contributed by atoms with Crippen LogP contribution in [0.2, 0.25) is 0 Å². The fraction of sp³-hybridized carbons (Fsp3) is 0.538. The Hall–Kier alpha value is -1.02. The first-order valence-electron chi connectivity index (χ1n) is 5.61. The molecule has 2 rings (SSSR count). The van der Waals surface area contributed by atoms with Gasteiger partial charge in [-0.15, -0.1) is 0 Å². The third-order valence-corrected chi connectivity index (χ3v) is 3.35. The lowest BCUT2D eigenvalue weighted by Crippen LogP contribution is -2.40. The van der Waals surface area contributed by atoms with Gasteiger partial charge in [0.05, 0.1) is 21.1 Å². The van der Waals surface area contributed by atoms with Crippen LogP contribution in [0.3, 0.4) is 0 Å². The van der Waals surface area contributed by atoms with Gasteiger partial charge in [-0.2, -0.15) is 0 Å². The molecule has 1 atom stereocenters. The molecule has 0 amide bonds. The van der Waals surface area contributed by atoms with E-state index in [0.717, 1.165) is 10.9 Å². The van der Waals surface area contributed by atoms with Crippen LogP contribution in [0.4, 0.5) is 0 Å². The first-order chi connectivity index (χ1) is 6.98. The number of phenols is 1. The number of aryl methyl sites for hydroxylation is 1. The largest absolute Gasteiger partial charge is 0.508 e. The highest BCUT2D eigenvalue weighted by atomic mass is 16.3. The van der Waals surface area contributed by atoms with Crippen molar-refractivity contribution in [3.63, 3.8) is 0 Å². The number of benzene rings is 1. The second-order valence-electron chi connectivity index (χ2n) is 5.41. The third kappa shape index (κ3) is 2.00. The summed E-state index contributed by atoms with van der Waals surface area (Å²) in [6, 6.07) is 6.35. The molecular weight excluding hydrogens is 186 g/mol. The van der Waals surface area contributed by atoms with Gasteiger partial charge >= 0.3 is 0 Å². The fourth-order valence-electron chi connectivity index (χ4n) is 2.57. The lowest BCUT2D eigenvalue weighted by molar-refractivity contribution is -0.903. The van der Waals surface area contributed by atoms with Crippen molar-refractivity contribution in [1.82, 2.24) is 0 Å². The molecule has 0 fully saturated rings. The molecule has 0 radical (unpaired) electrons. The second-order valence-corrected chi connectivity index (χ2v) is 5.41. The molecule has 0 bridgehead atoms. The first kappa shape index (κ1) is 10.5. The van der Waals surface area contributed by atoms with E-state index >= 15 is 0 Å². The summed E-state index contributed by atoms with van der Waals surface area (Å²) in [5.41, 5.74) is 2.76. The van der Waals surface area contributed by atoms with Gasteiger partial charge in [0, 0.05) is 12.0 Å². The molecule has 15 heavy (non-hydrogen) atoms. The Kier molecular flexibility index (Phi) is 2.47. The number of quaternary nitrogens is 1. The molecule has 1 aromatic carbocycles. The smallest absolute Gasteiger partial charge is 0.116 e. The monoisotopic (exact) mass is 206 g/mol. The molecule has 0 heterocycles. The topological polar surface area (TPSA) is 20.2 Å². The Morgan fingerprint density at radius 2 is 2.00 bits per heavy atom. The summed E-state index contributed by atoms with van der Waals surface area (Å²) in [5, 5.41) is 9.56. The molecule has 0 aromatic heterocycles. The summed E-state index contributed by atoms with van der Waals surface area (Å²) in [5.74, 6) is 0.397. The number of aromatic hydroxyl groups is 1. The van der Waals surface area contributed by atoms with Crippen LogP contribution >= 0.6 is 0 Å². The van der Waals surface area contributed by atoms with Crippen molar-refractivity contribution >= 4 is 0 Å². The van der Waals surface area contributed by atoms with Crippen LogP contribution in [-0.2, 0) is 6.42 Å². The van der Waals surface area contributed by atoms with E-state index in [1.54, 1.807) is 6.07 Å². The van der Waals surface area contributed by atoms with Crippen LogP contribution in [0.5, 0.6) is 5.75 Å². The maximum absolute atomic E-state index is 9.56. The maximum atomic E-state index is 9.56. The molecule has 1 aliphatic carbocycles. The summed E-state index contributed by atoms with van der Waals surface area (Å²) >= 11 is 0. The summed E-state index contributed by atoms with van der Waals surface area (Å²) in [6.45, 7) is 0. The van der Waals surface area contributed by atoms with Crippen molar-refractivity contribution < 1.29 is 9.59 Å². The molecule has 0 aliphatic heterocycles. The number of rotatable bonds is 1. The van der Waals surface area contributed by atoms with Crippen molar-refractivity contribution in [2.45, 2.75) is 25.3 Å². The van der Waals surface area contributed by atoms with Crippen molar-refractivity contribution in [1.29, 1.82) is 0 Å². The molecular formula is C13H20NO+. The molecule has 82 valence electrons. The Balaban J connectivity index is 2.45. The van der Waals surface area contributed by atoms with Gasteiger partial charge < -0.3 is 9.59 Å². The third-order valence-electron chi connectivity index (χ3n) is 3.35. The number of hydrogen-bond acceptors (Lipinski definition) is 1. The Labute approximate surface area is 91.7 Å². The summed E-state index contributed by atoms with van der Waals surface area (Å²) in [4.78, 5) is 0. The molecule has 0 saturated heterocycles. The zero-order valence-electron chi connectivity index (χ0n) is 9.83. The highest BCUT2D eigenvalue weighted by Gasteiger charge is 2.30. The van der Waals surface area contributed by atoms with Crippen LogP contribution in [0.1, 0.15) is 30.0 Å². The molecule has 2 heteroatoms. The molecule has 0 spiro atoms. The lowest BCUT2D eigenvalue weighted by atomic mass is 9.86. The molecule has 0 saturated carbocycles. The van der Waals surface area contributed by atoms with E-state index < -0.39 is 0 Å². The van der Waals surface area contributed by atoms with E-state index in [4.69, 9.17) is 0 Å². The van der Waals surface area contributed by atoms with Gasteiger partial charge in [-0.3, -0.25) is 0 Å². The summed E-state index contributed by atoms with van der Waals surface area (Å²) in [6.07, 6.45) is 3.64. The highest BCUT2D eigenvalue weighted by Crippen LogP contribution is 2.37. The standard InChI is InChI=1S/C13H19NO/c1-14(2,3)13-6-4-5-10-7-8-11(15)9-12(10)13/h7-9,13H,4-6H2,1-3H3/p+1. The lowest BCUT2D eigenvalue weighted by Gasteiger charge is -2.38. The SMILES string of the molecule is C[N+](C)(C)C1CCCc2ccc(O)cc21. The Morgan fingerprint density at radius 3 is 2.67 bits per heavy atom. The maximum Gasteiger partial charge on any atom is 0.116 e. The summed E-state index contributed by atoms with van der Waals surface area (Å²) in [7, 11) is 6.68. The normalized spacial score (nSPS) is 21.1. The van der Waals surface area contributed by atoms with Gasteiger partial charge in [0.15, 0.2) is 0 Å². The van der Waals surface area contributed by atoms with Crippen LogP contribution in [0, 0.1) is 0 Å². The summed E-state index contributed by atoms with van der Waals surface area (Å²) < 4.78 is 0.941. The van der Waals surface area contributed by atoms with Crippen molar-refractivity contribution in [3.05, 3.63) is 29.3 Å². The number of fused-ring (bicyclic) bond motifs is 1. The minimum absolute atomic E-state index is 0.397. The molecule has 2 nitrogen and oxygen atoms in total. The first-order valence-corrected chi connectivity index (χ1v) is 5.61. The van der Waals surface area contributed by atoms with Gasteiger partial charge in [0.25, 0.3) is 0 Å². The zero-order chi connectivity index (χ0) is 11.1. The van der Waals surface area contributed by atoms with E-state index in [0.29, 0.717) is 11.8 Å². The number of phenolic OH excluding ortho intramolecular Hbond substituents is 1. The van der Waals surface area contributed by atoms with Crippen molar-refractivity contribution in [2.24, 2.45) is 0 Å². The van der Waals surface area contributed by atoms with Crippen LogP contribution in [-0.4, -0.2) is 30.7 Å². The molecule has 1 unspecified atom stereocenters. The van der Waals surface area contributed by atoms with Gasteiger partial charge in [0.2, 0.25) is 0 Å². The van der Waals surface area contributed by atoms with E-state index in [9.17, 15) is 5.11 Å². The van der Waals surface area contributed by atoms with Crippen molar-refractivity contribution in [2.75, 3.05) is 21.1 Å². The average Bonchev–Trinajstić information content (AvgIpc) is 2.15. The van der Waals surface area contributed by atoms with Gasteiger partial charge in [-0.05, 0) is 30.5 Å². The predicted octanol–water partition coefficient (Wildman–Crippen LogP) is 2.48. The average molecular weight is 206 g/mol. The van der Waals surface area contributed by atoms with Crippen LogP contribution in [0.25, 0.3) is 0 Å². The molecule has 1 aromatic rings. The number of hydrogen-bond donors (Lipinski definition) is 1. The molecule has 1 aliphatic rings. The van der Waals surface area contributed by atoms with Crippen LogP contribution < -0.4 is 0 Å². The van der Waals surface area contributed by atoms with Gasteiger partial charge in [0.1, 0.15) is 11.8 Å². The minimum Gasteiger partial charge on any atom is -0.508 e. The Morgan fingerprint density at radius 1 is 1.27 bits per heavy atom. The van der Waals surface area contributed by atoms with Gasteiger partial charge in [-0.1, -0.05) is 6.07 Å². The Bertz CT molecular complexity index is 365. The van der Waals surface area contributed by atoms with E-state index in [2.05, 4.69) is 27.2 Å². The van der Waals surface area contributed by atoms with E-state index in [-0.39, 0.29) is 0 Å². The predicted molar refractivity (Wildman–Crippen MR) is 61.8 cm³/mol. The number of nitrogens with zero attached hydrogens (tertiary/aromatic N) is 1. The quantitative estimate of drug-likeness (QED) is 0.700. The fourth-order valence-corrected chi connectivity index (χ4v) is 2.57. The van der Waals surface area contributed by atoms with E-state index in [1.165, 1.54) is 24.0 Å². The van der Waals surface area contributed by atoms with Crippen LogP contribution in [0.15, 0.2) is 18.2 Å². The van der Waals surface area contributed by atoms with Crippen molar-refractivity contribution in [3.8, 4) is 5.75 Å². The minimum atomic E-state index is 0.397. The van der Waals surface area contributed by atoms with Gasteiger partial charge in [-0.25, -0.2) is 0 Å². The zero-order valence-corrected chi connectivity index (χ0v) is 9.83.